The molecule has 0 aliphatic carbocycles. The Bertz CT molecular complexity index is 1210. The Morgan fingerprint density at radius 1 is 0.625 bits per heavy atom. The van der Waals surface area contributed by atoms with Crippen LogP contribution in [0, 0.1) is 0 Å². The number of imidazole rings is 1. The van der Waals surface area contributed by atoms with Gasteiger partial charge in [0.2, 0.25) is 0 Å². The van der Waals surface area contributed by atoms with Crippen LogP contribution < -0.4 is 0 Å². The second kappa shape index (κ2) is 5.11. The topological polar surface area (TPSA) is 17.8 Å². The van der Waals surface area contributed by atoms with Gasteiger partial charge in [0.05, 0.1) is 11.0 Å². The van der Waals surface area contributed by atoms with Crippen molar-refractivity contribution in [2.75, 3.05) is 0 Å². The van der Waals surface area contributed by atoms with Crippen molar-refractivity contribution in [3.8, 4) is 11.4 Å². The highest BCUT2D eigenvalue weighted by atomic mass is 32.1. The van der Waals surface area contributed by atoms with Crippen molar-refractivity contribution in [1.29, 1.82) is 0 Å². The van der Waals surface area contributed by atoms with E-state index >= 15 is 0 Å². The Labute approximate surface area is 144 Å². The van der Waals surface area contributed by atoms with E-state index in [1.807, 2.05) is 22.2 Å². The van der Waals surface area contributed by atoms with Crippen molar-refractivity contribution in [3.05, 3.63) is 78.9 Å². The summed E-state index contributed by atoms with van der Waals surface area (Å²) in [6, 6.07) is 27.1. The third-order valence-electron chi connectivity index (χ3n) is 4.54. The maximum Gasteiger partial charge on any atom is 0.151 e. The zero-order chi connectivity index (χ0) is 16.1. The van der Waals surface area contributed by atoms with E-state index in [1.54, 1.807) is 0 Å². The molecule has 1 heterocycles. The molecule has 0 atom stereocenters. The molecular formula is C21H14N2S. The number of hydrogen-bond acceptors (Lipinski definition) is 2. The first kappa shape index (κ1) is 13.6. The summed E-state index contributed by atoms with van der Waals surface area (Å²) in [5.41, 5.74) is 3.13. The normalized spacial score (nSPS) is 11.5. The van der Waals surface area contributed by atoms with Crippen LogP contribution in [0.5, 0.6) is 0 Å². The van der Waals surface area contributed by atoms with Crippen LogP contribution in [0.15, 0.2) is 78.9 Å². The average molecular weight is 326 g/mol. The number of hydrogen-bond donors (Lipinski definition) is 1. The van der Waals surface area contributed by atoms with Crippen molar-refractivity contribution < 1.29 is 0 Å². The monoisotopic (exact) mass is 326 g/mol. The first-order valence-corrected chi connectivity index (χ1v) is 8.31. The summed E-state index contributed by atoms with van der Waals surface area (Å²) in [6.07, 6.45) is 0. The van der Waals surface area contributed by atoms with Gasteiger partial charge in [0.15, 0.2) is 5.82 Å². The molecule has 0 saturated heterocycles. The van der Waals surface area contributed by atoms with Crippen LogP contribution in [0.25, 0.3) is 44.0 Å². The fourth-order valence-electron chi connectivity index (χ4n) is 3.46. The third-order valence-corrected chi connectivity index (χ3v) is 4.93. The quantitative estimate of drug-likeness (QED) is 0.309. The molecule has 5 rings (SSSR count). The van der Waals surface area contributed by atoms with Gasteiger partial charge >= 0.3 is 0 Å². The summed E-state index contributed by atoms with van der Waals surface area (Å²) in [7, 11) is 0. The van der Waals surface area contributed by atoms with Crippen molar-refractivity contribution in [3.63, 3.8) is 0 Å². The zero-order valence-electron chi connectivity index (χ0n) is 12.8. The Hall–Kier alpha value is -2.78. The van der Waals surface area contributed by atoms with Gasteiger partial charge in [0.25, 0.3) is 0 Å². The van der Waals surface area contributed by atoms with E-state index in [0.29, 0.717) is 0 Å². The Morgan fingerprint density at radius 3 is 1.88 bits per heavy atom. The molecule has 0 radical (unpaired) electrons. The van der Waals surface area contributed by atoms with Gasteiger partial charge in [-0.1, -0.05) is 91.7 Å². The number of nitrogens with zero attached hydrogens (tertiary/aromatic N) is 2. The molecule has 0 aliphatic rings. The fourth-order valence-corrected chi connectivity index (χ4v) is 3.83. The lowest BCUT2D eigenvalue weighted by molar-refractivity contribution is 1.28. The first-order chi connectivity index (χ1) is 11.8. The fraction of sp³-hybridized carbons (Fsp3) is 0. The van der Waals surface area contributed by atoms with E-state index < -0.39 is 0 Å². The highest BCUT2D eigenvalue weighted by Crippen LogP contribution is 2.37. The molecule has 0 aliphatic heterocycles. The molecule has 0 amide bonds. The number of thiol groups is 1. The average Bonchev–Trinajstić information content (AvgIpc) is 3.01. The predicted molar refractivity (Wildman–Crippen MR) is 105 cm³/mol. The van der Waals surface area contributed by atoms with Crippen LogP contribution in [0.2, 0.25) is 0 Å². The van der Waals surface area contributed by atoms with Gasteiger partial charge < -0.3 is 0 Å². The highest BCUT2D eigenvalue weighted by Gasteiger charge is 2.16. The first-order valence-electron chi connectivity index (χ1n) is 7.91. The largest absolute Gasteiger partial charge is 0.268 e. The van der Waals surface area contributed by atoms with Crippen molar-refractivity contribution in [2.45, 2.75) is 0 Å². The molecule has 0 N–H and O–H groups in total. The summed E-state index contributed by atoms with van der Waals surface area (Å²) < 4.78 is 1.92. The summed E-state index contributed by atoms with van der Waals surface area (Å²) in [6.45, 7) is 0. The standard InChI is InChI=1S/C21H14N2S/c24-23-20-18-13-7-5-11-16(18)15-10-4-6-12-17(15)19(20)22-21(23)14-8-2-1-3-9-14/h1-13,24H. The summed E-state index contributed by atoms with van der Waals surface area (Å²) in [4.78, 5) is 4.95. The molecule has 1 aromatic heterocycles. The van der Waals surface area contributed by atoms with Gasteiger partial charge in [-0.25, -0.2) is 4.98 Å². The van der Waals surface area contributed by atoms with Crippen molar-refractivity contribution in [2.24, 2.45) is 0 Å². The minimum atomic E-state index is 0.871. The van der Waals surface area contributed by atoms with Crippen LogP contribution >= 0.6 is 12.8 Å². The molecule has 0 bridgehead atoms. The maximum absolute atomic E-state index is 4.95. The van der Waals surface area contributed by atoms with Crippen molar-refractivity contribution >= 4 is 45.4 Å². The minimum Gasteiger partial charge on any atom is -0.268 e. The predicted octanol–water partition coefficient (Wildman–Crippen LogP) is 5.70. The highest BCUT2D eigenvalue weighted by molar-refractivity contribution is 7.79. The molecule has 2 nitrogen and oxygen atoms in total. The minimum absolute atomic E-state index is 0.871. The Kier molecular flexibility index (Phi) is 2.91. The van der Waals surface area contributed by atoms with E-state index in [2.05, 4.69) is 60.7 Å². The molecule has 0 unspecified atom stereocenters. The van der Waals surface area contributed by atoms with E-state index in [9.17, 15) is 0 Å². The molecule has 4 aromatic carbocycles. The molecule has 114 valence electrons. The van der Waals surface area contributed by atoms with Crippen LogP contribution in [-0.4, -0.2) is 8.96 Å². The molecule has 5 aromatic rings. The third kappa shape index (κ3) is 1.82. The summed E-state index contributed by atoms with van der Waals surface area (Å²) >= 11 is 4.78. The smallest absolute Gasteiger partial charge is 0.151 e. The van der Waals surface area contributed by atoms with E-state index in [4.69, 9.17) is 17.8 Å². The molecule has 0 saturated carbocycles. The SMILES string of the molecule is Sn1c(-c2ccccc2)nc2c3ccccc3c3ccccc3c21. The van der Waals surface area contributed by atoms with Gasteiger partial charge in [-0.05, 0) is 10.8 Å². The lowest BCUT2D eigenvalue weighted by Crippen LogP contribution is -1.87. The van der Waals surface area contributed by atoms with E-state index in [-0.39, 0.29) is 0 Å². The van der Waals surface area contributed by atoms with Gasteiger partial charge in [0, 0.05) is 16.3 Å². The lowest BCUT2D eigenvalue weighted by Gasteiger charge is -2.07. The van der Waals surface area contributed by atoms with Crippen LogP contribution in [0.3, 0.4) is 0 Å². The van der Waals surface area contributed by atoms with Crippen LogP contribution in [-0.2, 0) is 0 Å². The second-order valence-corrected chi connectivity index (χ2v) is 6.30. The van der Waals surface area contributed by atoms with E-state index in [1.165, 1.54) is 16.2 Å². The van der Waals surface area contributed by atoms with Gasteiger partial charge in [-0.2, -0.15) is 0 Å². The van der Waals surface area contributed by atoms with Gasteiger partial charge in [0.1, 0.15) is 0 Å². The Morgan fingerprint density at radius 2 is 1.17 bits per heavy atom. The number of aromatic nitrogens is 2. The van der Waals surface area contributed by atoms with Gasteiger partial charge in [-0.15, -0.1) is 0 Å². The molecule has 3 heteroatoms. The maximum atomic E-state index is 4.95. The summed E-state index contributed by atoms with van der Waals surface area (Å²) in [5, 5.41) is 4.80. The summed E-state index contributed by atoms with van der Waals surface area (Å²) in [5.74, 6) is 0.871. The number of benzene rings is 4. The molecular weight excluding hydrogens is 312 g/mol. The van der Waals surface area contributed by atoms with Gasteiger partial charge in [-0.3, -0.25) is 3.97 Å². The zero-order valence-corrected chi connectivity index (χ0v) is 13.7. The van der Waals surface area contributed by atoms with Crippen LogP contribution in [0.4, 0.5) is 0 Å². The number of fused-ring (bicyclic) bond motifs is 6. The molecule has 0 spiro atoms. The van der Waals surface area contributed by atoms with E-state index in [0.717, 1.165) is 27.8 Å². The molecule has 24 heavy (non-hydrogen) atoms. The second-order valence-electron chi connectivity index (χ2n) is 5.90. The lowest BCUT2D eigenvalue weighted by atomic mass is 10.0. The number of rotatable bonds is 1. The Balaban J connectivity index is 2.04. The molecule has 0 fully saturated rings. The van der Waals surface area contributed by atoms with Crippen molar-refractivity contribution in [1.82, 2.24) is 8.96 Å². The van der Waals surface area contributed by atoms with Crippen LogP contribution in [0.1, 0.15) is 0 Å².